The van der Waals surface area contributed by atoms with Gasteiger partial charge in [-0.2, -0.15) is 13.2 Å². The Balaban J connectivity index is 2.61. The van der Waals surface area contributed by atoms with E-state index >= 15 is 0 Å². The van der Waals surface area contributed by atoms with Crippen molar-refractivity contribution in [3.63, 3.8) is 0 Å². The zero-order valence-corrected chi connectivity index (χ0v) is 9.89. The Morgan fingerprint density at radius 3 is 2.53 bits per heavy atom. The number of alkyl halides is 3. The number of nitrogens with two attached hydrogens (primary N) is 1. The molecule has 3 unspecified atom stereocenters. The largest absolute Gasteiger partial charge is 0.392 e. The van der Waals surface area contributed by atoms with Crippen LogP contribution in [0.3, 0.4) is 0 Å². The van der Waals surface area contributed by atoms with Gasteiger partial charge in [0.15, 0.2) is 0 Å². The van der Waals surface area contributed by atoms with Crippen molar-refractivity contribution in [2.24, 2.45) is 17.6 Å². The van der Waals surface area contributed by atoms with E-state index in [1.807, 2.05) is 0 Å². The lowest BCUT2D eigenvalue weighted by Gasteiger charge is -2.32. The third-order valence-corrected chi connectivity index (χ3v) is 3.12. The molecule has 1 saturated carbocycles. The molecule has 0 saturated heterocycles. The monoisotopic (exact) mass is 252 g/mol. The average Bonchev–Trinajstić information content (AvgIpc) is 2.24. The Bertz CT molecular complexity index is 266. The van der Waals surface area contributed by atoms with Crippen LogP contribution < -0.4 is 11.1 Å². The molecule has 0 heterocycles. The molecule has 0 aromatic heterocycles. The van der Waals surface area contributed by atoms with E-state index in [-0.39, 0.29) is 19.0 Å². The minimum Gasteiger partial charge on any atom is -0.354 e. The molecule has 0 aromatic rings. The molecule has 6 heteroatoms. The van der Waals surface area contributed by atoms with Crippen molar-refractivity contribution in [3.05, 3.63) is 0 Å². The maximum Gasteiger partial charge on any atom is 0.392 e. The SMILES string of the molecule is CC(N)CNC(=O)C1CCCCC1C(F)(F)F. The predicted molar refractivity (Wildman–Crippen MR) is 58.2 cm³/mol. The van der Waals surface area contributed by atoms with Gasteiger partial charge in [0.1, 0.15) is 0 Å². The lowest BCUT2D eigenvalue weighted by Crippen LogP contribution is -2.45. The lowest BCUT2D eigenvalue weighted by molar-refractivity contribution is -0.198. The van der Waals surface area contributed by atoms with Gasteiger partial charge in [0.25, 0.3) is 0 Å². The van der Waals surface area contributed by atoms with Gasteiger partial charge in [0, 0.05) is 18.5 Å². The van der Waals surface area contributed by atoms with E-state index in [0.717, 1.165) is 0 Å². The summed E-state index contributed by atoms with van der Waals surface area (Å²) in [5, 5.41) is 2.49. The molecule has 0 bridgehead atoms. The van der Waals surface area contributed by atoms with Crippen molar-refractivity contribution in [1.82, 2.24) is 5.32 Å². The van der Waals surface area contributed by atoms with E-state index < -0.39 is 23.9 Å². The molecule has 0 aliphatic heterocycles. The van der Waals surface area contributed by atoms with Crippen molar-refractivity contribution >= 4 is 5.91 Å². The molecule has 17 heavy (non-hydrogen) atoms. The third kappa shape index (κ3) is 4.18. The lowest BCUT2D eigenvalue weighted by atomic mass is 9.78. The third-order valence-electron chi connectivity index (χ3n) is 3.12. The van der Waals surface area contributed by atoms with Gasteiger partial charge in [0.2, 0.25) is 5.91 Å². The minimum atomic E-state index is -4.28. The summed E-state index contributed by atoms with van der Waals surface area (Å²) in [6.07, 6.45) is -2.68. The number of hydrogen-bond acceptors (Lipinski definition) is 2. The van der Waals surface area contributed by atoms with Crippen molar-refractivity contribution in [3.8, 4) is 0 Å². The highest BCUT2D eigenvalue weighted by atomic mass is 19.4. The van der Waals surface area contributed by atoms with Crippen molar-refractivity contribution in [2.45, 2.75) is 44.8 Å². The number of rotatable bonds is 3. The molecule has 1 aliphatic rings. The standard InChI is InChI=1S/C11H19F3N2O/c1-7(15)6-16-10(17)8-4-2-3-5-9(8)11(12,13)14/h7-9H,2-6,15H2,1H3,(H,16,17). The van der Waals surface area contributed by atoms with Gasteiger partial charge in [-0.05, 0) is 19.8 Å². The summed E-state index contributed by atoms with van der Waals surface area (Å²) in [5.74, 6) is -2.95. The van der Waals surface area contributed by atoms with Crippen molar-refractivity contribution in [2.75, 3.05) is 6.54 Å². The van der Waals surface area contributed by atoms with Crippen LogP contribution in [-0.2, 0) is 4.79 Å². The van der Waals surface area contributed by atoms with Gasteiger partial charge in [-0.25, -0.2) is 0 Å². The van der Waals surface area contributed by atoms with Gasteiger partial charge in [-0.15, -0.1) is 0 Å². The first-order valence-electron chi connectivity index (χ1n) is 5.92. The first-order valence-corrected chi connectivity index (χ1v) is 5.92. The summed E-state index contributed by atoms with van der Waals surface area (Å²) >= 11 is 0. The summed E-state index contributed by atoms with van der Waals surface area (Å²) in [4.78, 5) is 11.7. The van der Waals surface area contributed by atoms with Crippen LogP contribution >= 0.6 is 0 Å². The number of hydrogen-bond donors (Lipinski definition) is 2. The normalized spacial score (nSPS) is 27.6. The first kappa shape index (κ1) is 14.3. The second-order valence-corrected chi connectivity index (χ2v) is 4.76. The molecular formula is C11H19F3N2O. The summed E-state index contributed by atoms with van der Waals surface area (Å²) in [5.41, 5.74) is 5.45. The molecule has 1 fully saturated rings. The number of amides is 1. The van der Waals surface area contributed by atoms with E-state index in [2.05, 4.69) is 5.32 Å². The average molecular weight is 252 g/mol. The molecule has 1 rings (SSSR count). The molecule has 100 valence electrons. The Kier molecular flexibility index (Phi) is 4.80. The van der Waals surface area contributed by atoms with Crippen molar-refractivity contribution < 1.29 is 18.0 Å². The maximum atomic E-state index is 12.7. The summed E-state index contributed by atoms with van der Waals surface area (Å²) in [7, 11) is 0. The van der Waals surface area contributed by atoms with Crippen LogP contribution in [0.15, 0.2) is 0 Å². The molecule has 1 amide bonds. The zero-order chi connectivity index (χ0) is 13.1. The smallest absolute Gasteiger partial charge is 0.354 e. The minimum absolute atomic E-state index is 0.0553. The molecule has 0 radical (unpaired) electrons. The molecule has 3 atom stereocenters. The van der Waals surface area contributed by atoms with E-state index in [1.54, 1.807) is 6.92 Å². The number of carbonyl (C=O) groups is 1. The van der Waals surface area contributed by atoms with Gasteiger partial charge in [0.05, 0.1) is 5.92 Å². The van der Waals surface area contributed by atoms with E-state index in [1.165, 1.54) is 0 Å². The van der Waals surface area contributed by atoms with Gasteiger partial charge >= 0.3 is 6.18 Å². The molecule has 1 aliphatic carbocycles. The highest BCUT2D eigenvalue weighted by Gasteiger charge is 2.47. The molecular weight excluding hydrogens is 233 g/mol. The molecule has 3 nitrogen and oxygen atoms in total. The Hall–Kier alpha value is -0.780. The quantitative estimate of drug-likeness (QED) is 0.805. The fourth-order valence-electron chi connectivity index (χ4n) is 2.23. The Morgan fingerprint density at radius 1 is 1.41 bits per heavy atom. The van der Waals surface area contributed by atoms with Crippen molar-refractivity contribution in [1.29, 1.82) is 0 Å². The Labute approximate surface area is 98.9 Å². The summed E-state index contributed by atoms with van der Waals surface area (Å²) in [6, 6.07) is -0.244. The maximum absolute atomic E-state index is 12.7. The van der Waals surface area contributed by atoms with Crippen LogP contribution in [0.4, 0.5) is 13.2 Å². The van der Waals surface area contributed by atoms with E-state index in [0.29, 0.717) is 19.3 Å². The topological polar surface area (TPSA) is 55.1 Å². The fraction of sp³-hybridized carbons (Fsp3) is 0.909. The highest BCUT2D eigenvalue weighted by Crippen LogP contribution is 2.41. The Morgan fingerprint density at radius 2 is 2.00 bits per heavy atom. The second kappa shape index (κ2) is 5.71. The molecule has 3 N–H and O–H groups in total. The van der Waals surface area contributed by atoms with Crippen LogP contribution in [0, 0.1) is 11.8 Å². The number of halogens is 3. The number of nitrogens with one attached hydrogen (secondary N) is 1. The first-order chi connectivity index (χ1) is 7.82. The van der Waals surface area contributed by atoms with Crippen LogP contribution in [0.1, 0.15) is 32.6 Å². The number of carbonyl (C=O) groups excluding carboxylic acids is 1. The molecule has 0 aromatic carbocycles. The van der Waals surface area contributed by atoms with Gasteiger partial charge in [-0.1, -0.05) is 12.8 Å². The summed E-state index contributed by atoms with van der Waals surface area (Å²) < 4.78 is 38.2. The highest BCUT2D eigenvalue weighted by molar-refractivity contribution is 5.79. The van der Waals surface area contributed by atoms with Crippen LogP contribution in [0.5, 0.6) is 0 Å². The fourth-order valence-corrected chi connectivity index (χ4v) is 2.23. The van der Waals surface area contributed by atoms with E-state index in [4.69, 9.17) is 5.73 Å². The second-order valence-electron chi connectivity index (χ2n) is 4.76. The van der Waals surface area contributed by atoms with Crippen LogP contribution in [-0.4, -0.2) is 24.7 Å². The summed E-state index contributed by atoms with van der Waals surface area (Å²) in [6.45, 7) is 1.92. The zero-order valence-electron chi connectivity index (χ0n) is 9.89. The van der Waals surface area contributed by atoms with Gasteiger partial charge in [-0.3, -0.25) is 4.79 Å². The molecule has 0 spiro atoms. The van der Waals surface area contributed by atoms with Crippen LogP contribution in [0.25, 0.3) is 0 Å². The predicted octanol–water partition coefficient (Wildman–Crippen LogP) is 1.82. The van der Waals surface area contributed by atoms with E-state index in [9.17, 15) is 18.0 Å². The van der Waals surface area contributed by atoms with Gasteiger partial charge < -0.3 is 11.1 Å². The van der Waals surface area contributed by atoms with Crippen LogP contribution in [0.2, 0.25) is 0 Å².